The molecule has 3 aromatic carbocycles. The van der Waals surface area contributed by atoms with Gasteiger partial charge in [-0.15, -0.1) is 10.5 Å². The zero-order valence-electron chi connectivity index (χ0n) is 20.5. The number of rotatable bonds is 9. The fourth-order valence-corrected chi connectivity index (χ4v) is 6.80. The molecule has 0 saturated heterocycles. The van der Waals surface area contributed by atoms with E-state index in [4.69, 9.17) is 21.3 Å². The summed E-state index contributed by atoms with van der Waals surface area (Å²) in [6, 6.07) is 21.6. The molecule has 0 fully saturated rings. The van der Waals surface area contributed by atoms with Crippen LogP contribution in [0.25, 0.3) is 0 Å². The highest BCUT2D eigenvalue weighted by Gasteiger charge is 2.25. The van der Waals surface area contributed by atoms with Crippen LogP contribution in [0.2, 0.25) is 5.02 Å². The third-order valence-corrected chi connectivity index (χ3v) is 8.96. The second-order valence-electron chi connectivity index (χ2n) is 8.84. The van der Waals surface area contributed by atoms with Gasteiger partial charge in [0.25, 0.3) is 0 Å². The van der Waals surface area contributed by atoms with E-state index in [0.29, 0.717) is 40.5 Å². The second-order valence-corrected chi connectivity index (χ2v) is 11.4. The van der Waals surface area contributed by atoms with Gasteiger partial charge in [-0.3, -0.25) is 0 Å². The Morgan fingerprint density at radius 1 is 1.03 bits per heavy atom. The summed E-state index contributed by atoms with van der Waals surface area (Å²) in [7, 11) is -0.459. The standard InChI is InChI=1S/C29H27ClFN3O3S/c30-26-14-23(9-10-27(26)37-18-21-7-4-8-22(31)13-21)33-28-25-11-12-38(24(16-35)17-36)29(25)34(19-32-28)15-20-5-2-1-3-6-20/h1-10,12-14,19,24,35-36H,11,15-18H2. The number of benzene rings is 3. The van der Waals surface area contributed by atoms with Gasteiger partial charge in [0.1, 0.15) is 18.2 Å². The third kappa shape index (κ3) is 5.89. The van der Waals surface area contributed by atoms with E-state index in [1.165, 1.54) is 12.1 Å². The summed E-state index contributed by atoms with van der Waals surface area (Å²) in [5.74, 6) is 0.161. The van der Waals surface area contributed by atoms with E-state index in [0.717, 1.165) is 16.2 Å². The average molecular weight is 552 g/mol. The zero-order chi connectivity index (χ0) is 26.5. The Balaban J connectivity index is 1.46. The van der Waals surface area contributed by atoms with Crippen LogP contribution in [0, 0.1) is 5.82 Å². The number of hydrogen-bond donors (Lipinski definition) is 2. The van der Waals surface area contributed by atoms with Crippen LogP contribution in [0.5, 0.6) is 5.75 Å². The SMILES string of the molecule is OCC(CO)S1=CCc2c1n(Cc1ccccc1)cnc2=Nc1ccc(OCc2cccc(F)c2)c(Cl)c1. The molecule has 0 spiro atoms. The van der Waals surface area contributed by atoms with Crippen molar-refractivity contribution in [2.45, 2.75) is 29.8 Å². The van der Waals surface area contributed by atoms with E-state index in [1.54, 1.807) is 36.7 Å². The first-order valence-corrected chi connectivity index (χ1v) is 13.9. The van der Waals surface area contributed by atoms with Gasteiger partial charge in [-0.05, 0) is 41.5 Å². The number of aromatic nitrogens is 2. The highest BCUT2D eigenvalue weighted by Crippen LogP contribution is 2.38. The largest absolute Gasteiger partial charge is 0.487 e. The van der Waals surface area contributed by atoms with Crippen molar-refractivity contribution in [1.29, 1.82) is 0 Å². The lowest BCUT2D eigenvalue weighted by Gasteiger charge is -2.21. The molecule has 38 heavy (non-hydrogen) atoms. The van der Waals surface area contributed by atoms with Crippen molar-refractivity contribution in [2.75, 3.05) is 13.2 Å². The van der Waals surface area contributed by atoms with Crippen molar-refractivity contribution in [1.82, 2.24) is 9.55 Å². The molecule has 6 nitrogen and oxygen atoms in total. The zero-order valence-corrected chi connectivity index (χ0v) is 22.1. The minimum absolute atomic E-state index is 0.109. The second kappa shape index (κ2) is 12.0. The highest BCUT2D eigenvalue weighted by molar-refractivity contribution is 8.15. The van der Waals surface area contributed by atoms with Crippen molar-refractivity contribution < 1.29 is 19.3 Å². The van der Waals surface area contributed by atoms with E-state index in [-0.39, 0.29) is 30.9 Å². The number of hydrogen-bond acceptors (Lipinski definition) is 5. The van der Waals surface area contributed by atoms with Gasteiger partial charge in [0.05, 0.1) is 40.5 Å². The Morgan fingerprint density at radius 3 is 2.55 bits per heavy atom. The minimum atomic E-state index is -0.459. The predicted molar refractivity (Wildman–Crippen MR) is 149 cm³/mol. The van der Waals surface area contributed by atoms with Crippen LogP contribution in [-0.4, -0.2) is 43.6 Å². The molecule has 2 heterocycles. The fourth-order valence-electron chi connectivity index (χ4n) is 4.32. The van der Waals surface area contributed by atoms with Crippen molar-refractivity contribution in [3.05, 3.63) is 112 Å². The molecule has 2 N–H and O–H groups in total. The van der Waals surface area contributed by atoms with Crippen molar-refractivity contribution in [3.63, 3.8) is 0 Å². The summed E-state index contributed by atoms with van der Waals surface area (Å²) in [6.07, 6.45) is 2.41. The average Bonchev–Trinajstić information content (AvgIpc) is 3.37. The number of fused-ring (bicyclic) bond motifs is 1. The quantitative estimate of drug-likeness (QED) is 0.230. The number of aliphatic hydroxyl groups excluding tert-OH is 2. The lowest BCUT2D eigenvalue weighted by atomic mass is 10.2. The van der Waals surface area contributed by atoms with E-state index >= 15 is 0 Å². The van der Waals surface area contributed by atoms with Crippen LogP contribution in [-0.2, 0) is 19.6 Å². The molecular weight excluding hydrogens is 525 g/mol. The van der Waals surface area contributed by atoms with Crippen LogP contribution >= 0.6 is 22.1 Å². The molecule has 0 aliphatic carbocycles. The van der Waals surface area contributed by atoms with Gasteiger partial charge in [0, 0.05) is 18.5 Å². The summed E-state index contributed by atoms with van der Waals surface area (Å²) in [6.45, 7) is 0.601. The predicted octanol–water partition coefficient (Wildman–Crippen LogP) is 4.87. The number of aliphatic hydroxyl groups is 2. The molecule has 0 amide bonds. The first-order valence-electron chi connectivity index (χ1n) is 12.2. The smallest absolute Gasteiger partial charge is 0.160 e. The lowest BCUT2D eigenvalue weighted by molar-refractivity contribution is 0.228. The van der Waals surface area contributed by atoms with Gasteiger partial charge >= 0.3 is 0 Å². The topological polar surface area (TPSA) is 79.9 Å². The number of halogens is 2. The molecule has 1 unspecified atom stereocenters. The Kier molecular flexibility index (Phi) is 8.34. The minimum Gasteiger partial charge on any atom is -0.487 e. The molecule has 1 aliphatic rings. The molecule has 0 saturated carbocycles. The first kappa shape index (κ1) is 26.3. The maximum atomic E-state index is 13.4. The van der Waals surface area contributed by atoms with Gasteiger partial charge in [-0.2, -0.15) is 0 Å². The van der Waals surface area contributed by atoms with Gasteiger partial charge in [-0.1, -0.05) is 59.4 Å². The molecule has 1 atom stereocenters. The summed E-state index contributed by atoms with van der Waals surface area (Å²) >= 11 is 6.48. The molecule has 5 rings (SSSR count). The van der Waals surface area contributed by atoms with Crippen molar-refractivity contribution in [3.8, 4) is 5.75 Å². The molecule has 1 aromatic heterocycles. The normalized spacial score (nSPS) is 15.0. The van der Waals surface area contributed by atoms with Gasteiger partial charge in [0.2, 0.25) is 0 Å². The molecule has 0 radical (unpaired) electrons. The summed E-state index contributed by atoms with van der Waals surface area (Å²) in [5.41, 5.74) is 4.01. The van der Waals surface area contributed by atoms with Gasteiger partial charge < -0.3 is 19.5 Å². The molecule has 1 aliphatic heterocycles. The van der Waals surface area contributed by atoms with Crippen molar-refractivity contribution in [2.24, 2.45) is 4.99 Å². The molecule has 4 aromatic rings. The van der Waals surface area contributed by atoms with Gasteiger partial charge in [-0.25, -0.2) is 14.4 Å². The van der Waals surface area contributed by atoms with E-state index in [9.17, 15) is 14.6 Å². The number of ether oxygens (including phenoxy) is 1. The maximum absolute atomic E-state index is 13.4. The third-order valence-electron chi connectivity index (χ3n) is 6.19. The van der Waals surface area contributed by atoms with E-state index in [1.807, 2.05) is 18.2 Å². The molecule has 9 heteroatoms. The van der Waals surface area contributed by atoms with Gasteiger partial charge in [0.15, 0.2) is 5.49 Å². The summed E-state index contributed by atoms with van der Waals surface area (Å²) in [5, 5.41) is 23.1. The molecule has 196 valence electrons. The molecule has 0 bridgehead atoms. The van der Waals surface area contributed by atoms with Crippen LogP contribution in [0.1, 0.15) is 16.7 Å². The highest BCUT2D eigenvalue weighted by atomic mass is 35.5. The lowest BCUT2D eigenvalue weighted by Crippen LogP contribution is -2.22. The Labute approximate surface area is 227 Å². The van der Waals surface area contributed by atoms with E-state index in [2.05, 4.69) is 27.1 Å². The van der Waals surface area contributed by atoms with Crippen LogP contribution in [0.3, 0.4) is 0 Å². The molecular formula is C29H27ClFN3O3S. The van der Waals surface area contributed by atoms with Crippen LogP contribution < -0.4 is 10.2 Å². The summed E-state index contributed by atoms with van der Waals surface area (Å²) < 4.78 is 21.3. The monoisotopic (exact) mass is 551 g/mol. The maximum Gasteiger partial charge on any atom is 0.160 e. The summed E-state index contributed by atoms with van der Waals surface area (Å²) in [4.78, 5) is 9.45. The Morgan fingerprint density at radius 2 is 1.82 bits per heavy atom. The van der Waals surface area contributed by atoms with E-state index < -0.39 is 10.5 Å². The van der Waals surface area contributed by atoms with Crippen LogP contribution in [0.4, 0.5) is 10.1 Å². The Hall–Kier alpha value is -3.30. The van der Waals surface area contributed by atoms with Crippen molar-refractivity contribution >= 4 is 33.1 Å². The Bertz CT molecular complexity index is 1540. The number of nitrogens with zero attached hydrogens (tertiary/aromatic N) is 3. The first-order chi connectivity index (χ1) is 18.6. The fraction of sp³-hybridized carbons (Fsp3) is 0.207. The van der Waals surface area contributed by atoms with Crippen LogP contribution in [0.15, 0.2) is 89.1 Å².